The number of rotatable bonds is 8. The molecule has 0 saturated carbocycles. The first kappa shape index (κ1) is 14.3. The van der Waals surface area contributed by atoms with Crippen LogP contribution in [-0.2, 0) is 0 Å². The Bertz CT molecular complexity index is 203. The van der Waals surface area contributed by atoms with Gasteiger partial charge >= 0.3 is 0 Å². The molecule has 0 aromatic carbocycles. The highest BCUT2D eigenvalue weighted by Crippen LogP contribution is 2.18. The van der Waals surface area contributed by atoms with Gasteiger partial charge in [0.15, 0.2) is 0 Å². The third-order valence-corrected chi connectivity index (χ3v) is 2.84. The summed E-state index contributed by atoms with van der Waals surface area (Å²) < 4.78 is 0. The van der Waals surface area contributed by atoms with E-state index in [9.17, 15) is 0 Å². The predicted octanol–water partition coefficient (Wildman–Crippen LogP) is 4.27. The van der Waals surface area contributed by atoms with Crippen molar-refractivity contribution in [3.8, 4) is 0 Å². The number of allylic oxidation sites excluding steroid dienone is 1. The lowest BCUT2D eigenvalue weighted by Crippen LogP contribution is -2.31. The molecule has 0 saturated heterocycles. The molecular weight excluding hydrogens is 182 g/mol. The SMILES string of the molecule is C=C(CC)NC(CCCC)C(=C)C(C)C. The van der Waals surface area contributed by atoms with Crippen LogP contribution in [0.25, 0.3) is 0 Å². The van der Waals surface area contributed by atoms with Gasteiger partial charge in [-0.15, -0.1) is 0 Å². The Labute approximate surface area is 95.7 Å². The van der Waals surface area contributed by atoms with Crippen LogP contribution in [0.4, 0.5) is 0 Å². The van der Waals surface area contributed by atoms with Crippen LogP contribution in [0.2, 0.25) is 0 Å². The zero-order valence-corrected chi connectivity index (χ0v) is 10.9. The average molecular weight is 209 g/mol. The standard InChI is InChI=1S/C14H27N/c1-7-9-10-14(13(6)11(3)4)15-12(5)8-2/h11,14-15H,5-10H2,1-4H3. The zero-order valence-electron chi connectivity index (χ0n) is 10.9. The number of unbranched alkanes of at least 4 members (excludes halogenated alkanes) is 1. The van der Waals surface area contributed by atoms with Crippen LogP contribution in [0.1, 0.15) is 53.4 Å². The lowest BCUT2D eigenvalue weighted by atomic mass is 9.93. The first-order chi connectivity index (χ1) is 7.02. The highest BCUT2D eigenvalue weighted by Gasteiger charge is 2.14. The van der Waals surface area contributed by atoms with E-state index in [0.29, 0.717) is 12.0 Å². The van der Waals surface area contributed by atoms with Crippen LogP contribution in [0.15, 0.2) is 24.4 Å². The minimum atomic E-state index is 0.414. The van der Waals surface area contributed by atoms with E-state index in [1.165, 1.54) is 24.8 Å². The Kier molecular flexibility index (Phi) is 7.19. The van der Waals surface area contributed by atoms with Gasteiger partial charge in [0.05, 0.1) is 0 Å². The third-order valence-electron chi connectivity index (χ3n) is 2.84. The van der Waals surface area contributed by atoms with Crippen molar-refractivity contribution in [1.29, 1.82) is 0 Å². The predicted molar refractivity (Wildman–Crippen MR) is 69.9 cm³/mol. The summed E-state index contributed by atoms with van der Waals surface area (Å²) in [7, 11) is 0. The summed E-state index contributed by atoms with van der Waals surface area (Å²) in [5.74, 6) is 0.545. The second kappa shape index (κ2) is 7.56. The van der Waals surface area contributed by atoms with E-state index in [2.05, 4.69) is 46.2 Å². The Morgan fingerprint density at radius 3 is 2.20 bits per heavy atom. The van der Waals surface area contributed by atoms with Crippen LogP contribution in [0.5, 0.6) is 0 Å². The highest BCUT2D eigenvalue weighted by atomic mass is 14.9. The topological polar surface area (TPSA) is 12.0 Å². The highest BCUT2D eigenvalue weighted by molar-refractivity contribution is 5.11. The Hall–Kier alpha value is -0.720. The molecule has 0 bridgehead atoms. The summed E-state index contributed by atoms with van der Waals surface area (Å²) in [5, 5.41) is 3.49. The maximum Gasteiger partial charge on any atom is 0.0470 e. The summed E-state index contributed by atoms with van der Waals surface area (Å²) in [6.07, 6.45) is 4.66. The first-order valence-electron chi connectivity index (χ1n) is 6.15. The molecule has 0 aliphatic carbocycles. The van der Waals surface area contributed by atoms with E-state index >= 15 is 0 Å². The van der Waals surface area contributed by atoms with Crippen molar-refractivity contribution in [3.63, 3.8) is 0 Å². The van der Waals surface area contributed by atoms with Crippen LogP contribution in [0.3, 0.4) is 0 Å². The molecule has 0 fully saturated rings. The first-order valence-corrected chi connectivity index (χ1v) is 6.15. The van der Waals surface area contributed by atoms with E-state index in [4.69, 9.17) is 0 Å². The van der Waals surface area contributed by atoms with Crippen molar-refractivity contribution in [2.24, 2.45) is 5.92 Å². The van der Waals surface area contributed by atoms with Crippen LogP contribution >= 0.6 is 0 Å². The van der Waals surface area contributed by atoms with Gasteiger partial charge in [-0.2, -0.15) is 0 Å². The number of nitrogens with one attached hydrogen (secondary N) is 1. The number of hydrogen-bond donors (Lipinski definition) is 1. The van der Waals surface area contributed by atoms with E-state index < -0.39 is 0 Å². The fourth-order valence-electron chi connectivity index (χ4n) is 1.51. The van der Waals surface area contributed by atoms with Crippen molar-refractivity contribution in [2.75, 3.05) is 0 Å². The largest absolute Gasteiger partial charge is 0.382 e. The van der Waals surface area contributed by atoms with Crippen LogP contribution in [-0.4, -0.2) is 6.04 Å². The van der Waals surface area contributed by atoms with Crippen LogP contribution in [0, 0.1) is 5.92 Å². The van der Waals surface area contributed by atoms with E-state index in [-0.39, 0.29) is 0 Å². The maximum atomic E-state index is 4.19. The molecule has 1 atom stereocenters. The Morgan fingerprint density at radius 1 is 1.20 bits per heavy atom. The summed E-state index contributed by atoms with van der Waals surface area (Å²) >= 11 is 0. The van der Waals surface area contributed by atoms with E-state index in [1.807, 2.05) is 0 Å². The molecular formula is C14H27N. The summed E-state index contributed by atoms with van der Waals surface area (Å²) in [4.78, 5) is 0. The minimum Gasteiger partial charge on any atom is -0.382 e. The molecule has 0 aromatic rings. The van der Waals surface area contributed by atoms with E-state index in [1.54, 1.807) is 0 Å². The lowest BCUT2D eigenvalue weighted by molar-refractivity contribution is 0.513. The van der Waals surface area contributed by atoms with Gasteiger partial charge in [0.1, 0.15) is 0 Å². The zero-order chi connectivity index (χ0) is 11.8. The van der Waals surface area contributed by atoms with Gasteiger partial charge in [-0.1, -0.05) is 59.3 Å². The Morgan fingerprint density at radius 2 is 1.80 bits per heavy atom. The van der Waals surface area contributed by atoms with Crippen molar-refractivity contribution in [3.05, 3.63) is 24.4 Å². The molecule has 1 unspecified atom stereocenters. The number of hydrogen-bond acceptors (Lipinski definition) is 1. The molecule has 0 heterocycles. The normalized spacial score (nSPS) is 12.6. The molecule has 1 N–H and O–H groups in total. The monoisotopic (exact) mass is 209 g/mol. The van der Waals surface area contributed by atoms with Gasteiger partial charge < -0.3 is 5.32 Å². The Balaban J connectivity index is 4.29. The molecule has 88 valence electrons. The fourth-order valence-corrected chi connectivity index (χ4v) is 1.51. The maximum absolute atomic E-state index is 4.19. The summed E-state index contributed by atoms with van der Waals surface area (Å²) in [6, 6.07) is 0.414. The molecule has 0 aliphatic heterocycles. The van der Waals surface area contributed by atoms with Crippen molar-refractivity contribution >= 4 is 0 Å². The molecule has 0 radical (unpaired) electrons. The van der Waals surface area contributed by atoms with Gasteiger partial charge in [0.2, 0.25) is 0 Å². The van der Waals surface area contributed by atoms with Gasteiger partial charge in [0.25, 0.3) is 0 Å². The third kappa shape index (κ3) is 5.66. The second-order valence-electron chi connectivity index (χ2n) is 4.53. The van der Waals surface area contributed by atoms with Crippen molar-refractivity contribution < 1.29 is 0 Å². The summed E-state index contributed by atoms with van der Waals surface area (Å²) in [6.45, 7) is 17.0. The molecule has 1 heteroatoms. The minimum absolute atomic E-state index is 0.414. The molecule has 0 spiro atoms. The van der Waals surface area contributed by atoms with Gasteiger partial charge in [-0.25, -0.2) is 0 Å². The van der Waals surface area contributed by atoms with Crippen molar-refractivity contribution in [1.82, 2.24) is 5.32 Å². The van der Waals surface area contributed by atoms with Gasteiger partial charge in [-0.05, 0) is 18.8 Å². The van der Waals surface area contributed by atoms with E-state index in [0.717, 1.165) is 12.1 Å². The molecule has 0 aromatic heterocycles. The molecule has 0 amide bonds. The molecule has 1 nitrogen and oxygen atoms in total. The quantitative estimate of drug-likeness (QED) is 0.589. The molecule has 0 rings (SSSR count). The van der Waals surface area contributed by atoms with Crippen molar-refractivity contribution in [2.45, 2.75) is 59.4 Å². The molecule has 0 aliphatic rings. The summed E-state index contributed by atoms with van der Waals surface area (Å²) in [5.41, 5.74) is 2.43. The van der Waals surface area contributed by atoms with Crippen LogP contribution < -0.4 is 5.32 Å². The lowest BCUT2D eigenvalue weighted by Gasteiger charge is -2.25. The van der Waals surface area contributed by atoms with Gasteiger partial charge in [-0.3, -0.25) is 0 Å². The second-order valence-corrected chi connectivity index (χ2v) is 4.53. The smallest absolute Gasteiger partial charge is 0.0470 e. The average Bonchev–Trinajstić information content (AvgIpc) is 2.22. The van der Waals surface area contributed by atoms with Gasteiger partial charge in [0, 0.05) is 11.7 Å². The molecule has 15 heavy (non-hydrogen) atoms. The fraction of sp³-hybridized carbons (Fsp3) is 0.714.